The third-order valence-electron chi connectivity index (χ3n) is 6.26. The van der Waals surface area contributed by atoms with Crippen LogP contribution in [0.25, 0.3) is 0 Å². The highest BCUT2D eigenvalue weighted by Gasteiger charge is 2.72. The number of rotatable bonds is 6. The first kappa shape index (κ1) is 18.3. The van der Waals surface area contributed by atoms with E-state index in [-0.39, 0.29) is 31.0 Å². The third kappa shape index (κ3) is 3.02. The van der Waals surface area contributed by atoms with Crippen LogP contribution in [-0.4, -0.2) is 48.8 Å². The van der Waals surface area contributed by atoms with Crippen LogP contribution in [0.5, 0.6) is 0 Å². The Bertz CT molecular complexity index is 876. The molecule has 8 nitrogen and oxygen atoms in total. The van der Waals surface area contributed by atoms with Crippen LogP contribution in [0.1, 0.15) is 29.6 Å². The zero-order chi connectivity index (χ0) is 20.2. The Morgan fingerprint density at radius 2 is 1.83 bits per heavy atom. The molecule has 3 aliphatic heterocycles. The maximum absolute atomic E-state index is 12.3. The van der Waals surface area contributed by atoms with Crippen molar-refractivity contribution in [3.63, 3.8) is 0 Å². The van der Waals surface area contributed by atoms with E-state index < -0.39 is 41.4 Å². The van der Waals surface area contributed by atoms with Crippen molar-refractivity contribution in [1.29, 1.82) is 0 Å². The first-order chi connectivity index (χ1) is 14.0. The Hall–Kier alpha value is -2.74. The fourth-order valence-corrected chi connectivity index (χ4v) is 4.73. The molecule has 5 atom stereocenters. The molecule has 8 heteroatoms. The van der Waals surface area contributed by atoms with Crippen LogP contribution in [0.15, 0.2) is 30.3 Å². The molecule has 0 amide bonds. The molecule has 5 rings (SSSR count). The van der Waals surface area contributed by atoms with Crippen LogP contribution < -0.4 is 0 Å². The topological polar surface area (TPSA) is 105 Å². The summed E-state index contributed by atoms with van der Waals surface area (Å²) in [6.07, 6.45) is 1.35. The summed E-state index contributed by atoms with van der Waals surface area (Å²) in [6.45, 7) is -0.0626. The molecule has 1 aromatic carbocycles. The molecular formula is C21H20O8. The normalized spacial score (nSPS) is 34.6. The molecule has 0 spiro atoms. The van der Waals surface area contributed by atoms with Crippen LogP contribution >= 0.6 is 0 Å². The number of fused-ring (bicyclic) bond motifs is 5. The lowest BCUT2D eigenvalue weighted by Crippen LogP contribution is -2.47. The van der Waals surface area contributed by atoms with Gasteiger partial charge in [0.25, 0.3) is 0 Å². The van der Waals surface area contributed by atoms with Crippen molar-refractivity contribution in [3.05, 3.63) is 35.9 Å². The first-order valence-electron chi connectivity index (χ1n) is 9.81. The third-order valence-corrected chi connectivity index (χ3v) is 6.26. The smallest absolute Gasteiger partial charge is 0.338 e. The molecule has 152 valence electrons. The van der Waals surface area contributed by atoms with Gasteiger partial charge in [-0.3, -0.25) is 14.4 Å². The quantitative estimate of drug-likeness (QED) is 0.399. The highest BCUT2D eigenvalue weighted by molar-refractivity contribution is 5.98. The van der Waals surface area contributed by atoms with Gasteiger partial charge in [0.05, 0.1) is 24.2 Å². The van der Waals surface area contributed by atoms with Gasteiger partial charge in [0.1, 0.15) is 24.0 Å². The molecule has 0 aromatic heterocycles. The van der Waals surface area contributed by atoms with Crippen LogP contribution in [0, 0.1) is 23.7 Å². The van der Waals surface area contributed by atoms with Gasteiger partial charge in [-0.25, -0.2) is 4.79 Å². The number of esters is 4. The van der Waals surface area contributed by atoms with Crippen molar-refractivity contribution in [2.45, 2.75) is 31.0 Å². The van der Waals surface area contributed by atoms with Gasteiger partial charge in [-0.05, 0) is 31.4 Å². The number of cyclic esters (lactones) is 2. The van der Waals surface area contributed by atoms with Crippen LogP contribution in [-0.2, 0) is 33.3 Å². The van der Waals surface area contributed by atoms with E-state index in [0.29, 0.717) is 12.0 Å². The van der Waals surface area contributed by atoms with Crippen molar-refractivity contribution < 1.29 is 38.1 Å². The van der Waals surface area contributed by atoms with Crippen LogP contribution in [0.4, 0.5) is 0 Å². The van der Waals surface area contributed by atoms with Crippen molar-refractivity contribution in [3.8, 4) is 0 Å². The summed E-state index contributed by atoms with van der Waals surface area (Å²) in [5.74, 6) is -3.94. The Morgan fingerprint density at radius 3 is 2.55 bits per heavy atom. The summed E-state index contributed by atoms with van der Waals surface area (Å²) in [6, 6.07) is 8.59. The molecule has 0 unspecified atom stereocenters. The van der Waals surface area contributed by atoms with Gasteiger partial charge in [-0.15, -0.1) is 0 Å². The van der Waals surface area contributed by atoms with E-state index in [0.717, 1.165) is 12.8 Å². The van der Waals surface area contributed by atoms with E-state index in [1.54, 1.807) is 30.3 Å². The Morgan fingerprint density at radius 1 is 1.07 bits per heavy atom. The highest BCUT2D eigenvalue weighted by Crippen LogP contribution is 2.57. The molecule has 0 N–H and O–H groups in total. The minimum Gasteiger partial charge on any atom is -0.462 e. The molecule has 1 aromatic rings. The maximum Gasteiger partial charge on any atom is 0.338 e. The number of hydrogen-bond donors (Lipinski definition) is 0. The lowest BCUT2D eigenvalue weighted by molar-refractivity contribution is -0.166. The molecule has 4 fully saturated rings. The largest absolute Gasteiger partial charge is 0.462 e. The summed E-state index contributed by atoms with van der Waals surface area (Å²) in [5.41, 5.74) is -0.676. The standard InChI is InChI=1S/C21H20O8/c22-17(11-4-2-1-3-5-11)26-9-13-8-21(10-27-18(23)12-6-7-12)15-14(16(13)29-21)19(24)28-20(15)25/h1-5,12-16H,6-10H2/t13-,14+,15+,16-,21-/m1/s1. The molecule has 1 saturated carbocycles. The Labute approximate surface area is 166 Å². The van der Waals surface area contributed by atoms with Crippen LogP contribution in [0.2, 0.25) is 0 Å². The summed E-state index contributed by atoms with van der Waals surface area (Å²) < 4.78 is 21.8. The predicted octanol–water partition coefficient (Wildman–Crippen LogP) is 1.27. The van der Waals surface area contributed by atoms with Gasteiger partial charge >= 0.3 is 23.9 Å². The Balaban J connectivity index is 1.30. The fraction of sp³-hybridized carbons (Fsp3) is 0.524. The van der Waals surface area contributed by atoms with Crippen molar-refractivity contribution >= 4 is 23.9 Å². The minimum absolute atomic E-state index is 0.0431. The molecule has 3 saturated heterocycles. The molecule has 29 heavy (non-hydrogen) atoms. The van der Waals surface area contributed by atoms with E-state index in [9.17, 15) is 19.2 Å². The second-order valence-electron chi connectivity index (χ2n) is 8.20. The monoisotopic (exact) mass is 400 g/mol. The van der Waals surface area contributed by atoms with Gasteiger partial charge < -0.3 is 18.9 Å². The molecule has 2 bridgehead atoms. The van der Waals surface area contributed by atoms with Crippen molar-refractivity contribution in [2.24, 2.45) is 23.7 Å². The zero-order valence-corrected chi connectivity index (χ0v) is 15.6. The van der Waals surface area contributed by atoms with E-state index in [4.69, 9.17) is 18.9 Å². The van der Waals surface area contributed by atoms with Gasteiger partial charge in [0.2, 0.25) is 0 Å². The molecule has 3 heterocycles. The summed E-state index contributed by atoms with van der Waals surface area (Å²) in [4.78, 5) is 48.7. The summed E-state index contributed by atoms with van der Waals surface area (Å²) >= 11 is 0. The number of carbonyl (C=O) groups excluding carboxylic acids is 4. The van der Waals surface area contributed by atoms with Crippen molar-refractivity contribution in [1.82, 2.24) is 0 Å². The average molecular weight is 400 g/mol. The maximum atomic E-state index is 12.3. The van der Waals surface area contributed by atoms with E-state index in [2.05, 4.69) is 0 Å². The molecule has 4 aliphatic rings. The summed E-state index contributed by atoms with van der Waals surface area (Å²) in [5, 5.41) is 0. The molecule has 1 aliphatic carbocycles. The summed E-state index contributed by atoms with van der Waals surface area (Å²) in [7, 11) is 0. The van der Waals surface area contributed by atoms with E-state index in [1.807, 2.05) is 0 Å². The SMILES string of the molecule is O=C(OC[C@H]1C[C@]2(COC(=O)C3CC3)O[C@H]1[C@H]1C(=O)OC(=O)[C@H]12)c1ccccc1. The number of benzene rings is 1. The Kier molecular flexibility index (Phi) is 4.20. The number of ether oxygens (including phenoxy) is 4. The van der Waals surface area contributed by atoms with Gasteiger partial charge in [0, 0.05) is 5.92 Å². The lowest BCUT2D eigenvalue weighted by atomic mass is 9.69. The fourth-order valence-electron chi connectivity index (χ4n) is 4.73. The van der Waals surface area contributed by atoms with Crippen LogP contribution in [0.3, 0.4) is 0 Å². The molecular weight excluding hydrogens is 380 g/mol. The lowest BCUT2D eigenvalue weighted by Gasteiger charge is -2.31. The van der Waals surface area contributed by atoms with E-state index in [1.165, 1.54) is 0 Å². The molecule has 0 radical (unpaired) electrons. The van der Waals surface area contributed by atoms with Gasteiger partial charge in [-0.2, -0.15) is 0 Å². The number of hydrogen-bond acceptors (Lipinski definition) is 8. The highest BCUT2D eigenvalue weighted by atomic mass is 16.6. The van der Waals surface area contributed by atoms with Crippen molar-refractivity contribution in [2.75, 3.05) is 13.2 Å². The minimum atomic E-state index is -1.10. The predicted molar refractivity (Wildman–Crippen MR) is 94.2 cm³/mol. The van der Waals surface area contributed by atoms with E-state index >= 15 is 0 Å². The average Bonchev–Trinajstić information content (AvgIpc) is 3.35. The first-order valence-corrected chi connectivity index (χ1v) is 9.81. The van der Waals surface area contributed by atoms with Gasteiger partial charge in [0.15, 0.2) is 0 Å². The van der Waals surface area contributed by atoms with Gasteiger partial charge in [-0.1, -0.05) is 18.2 Å². The second-order valence-corrected chi connectivity index (χ2v) is 8.20. The second kappa shape index (κ2) is 6.66. The zero-order valence-electron chi connectivity index (χ0n) is 15.6. The number of carbonyl (C=O) groups is 4.